The number of ketones is 1. The number of hydrogen-bond donors (Lipinski definition) is 0. The highest BCUT2D eigenvalue weighted by Gasteiger charge is 2.33. The van der Waals surface area contributed by atoms with Gasteiger partial charge in [0.05, 0.1) is 5.52 Å². The van der Waals surface area contributed by atoms with E-state index in [9.17, 15) is 22.8 Å². The summed E-state index contributed by atoms with van der Waals surface area (Å²) >= 11 is 0. The molecule has 1 aliphatic heterocycles. The monoisotopic (exact) mass is 473 g/mol. The first-order valence-electron chi connectivity index (χ1n) is 11.1. The van der Waals surface area contributed by atoms with Crippen LogP contribution in [0.3, 0.4) is 0 Å². The number of hydrogen-bond acceptors (Lipinski definition) is 5. The molecule has 1 fully saturated rings. The van der Waals surface area contributed by atoms with E-state index < -0.39 is 17.7 Å². The average molecular weight is 473 g/mol. The largest absolute Gasteiger partial charge is 0.433 e. The average Bonchev–Trinajstić information content (AvgIpc) is 3.20. The zero-order chi connectivity index (χ0) is 24.5. The van der Waals surface area contributed by atoms with Crippen molar-refractivity contribution in [3.8, 4) is 0 Å². The van der Waals surface area contributed by atoms with Crippen molar-refractivity contribution in [2.24, 2.45) is 0 Å². The van der Waals surface area contributed by atoms with Gasteiger partial charge in [0.15, 0.2) is 5.78 Å². The number of likely N-dealkylation sites (tertiary alicyclic amines) is 1. The molecule has 0 aliphatic carbocycles. The zero-order valence-corrected chi connectivity index (χ0v) is 19.0. The number of likely N-dealkylation sites (N-methyl/N-ethyl adjacent to an activating group) is 1. The fourth-order valence-corrected chi connectivity index (χ4v) is 4.18. The van der Waals surface area contributed by atoms with Gasteiger partial charge in [-0.2, -0.15) is 18.3 Å². The standard InChI is InChI=1S/C24H26F3N5O2/c1-30(2)18-5-4-10-31(14-18)23(34)15-32-13-17-11-16(8-9-19(17)29-32)12-21(33)20-6-3-7-22(28-20)24(25,26)27/h3,6-9,11,13,18H,4-5,10,12,14-15H2,1-2H3/t18-/m1/s1. The van der Waals surface area contributed by atoms with Crippen LogP contribution in [0.15, 0.2) is 42.6 Å². The Morgan fingerprint density at radius 3 is 2.71 bits per heavy atom. The van der Waals surface area contributed by atoms with E-state index in [-0.39, 0.29) is 24.6 Å². The molecule has 4 rings (SSSR count). The highest BCUT2D eigenvalue weighted by atomic mass is 19.4. The summed E-state index contributed by atoms with van der Waals surface area (Å²) in [5, 5.41) is 5.21. The van der Waals surface area contributed by atoms with E-state index in [0.29, 0.717) is 23.7 Å². The third-order valence-electron chi connectivity index (χ3n) is 6.08. The van der Waals surface area contributed by atoms with Crippen LogP contribution in [0.2, 0.25) is 0 Å². The van der Waals surface area contributed by atoms with Crippen LogP contribution in [-0.2, 0) is 23.9 Å². The van der Waals surface area contributed by atoms with Gasteiger partial charge < -0.3 is 9.80 Å². The Morgan fingerprint density at radius 1 is 1.18 bits per heavy atom. The Bertz CT molecular complexity index is 1200. The number of aromatic nitrogens is 3. The highest BCUT2D eigenvalue weighted by molar-refractivity contribution is 5.96. The first-order valence-corrected chi connectivity index (χ1v) is 11.1. The molecule has 3 aromatic rings. The number of pyridine rings is 1. The number of carbonyl (C=O) groups excluding carboxylic acids is 2. The molecular weight excluding hydrogens is 447 g/mol. The van der Waals surface area contributed by atoms with E-state index in [1.165, 1.54) is 12.1 Å². The number of halogens is 3. The minimum absolute atomic E-state index is 0.00498. The highest BCUT2D eigenvalue weighted by Crippen LogP contribution is 2.27. The topological polar surface area (TPSA) is 71.3 Å². The smallest absolute Gasteiger partial charge is 0.340 e. The van der Waals surface area contributed by atoms with Crippen molar-refractivity contribution in [1.82, 2.24) is 24.6 Å². The zero-order valence-electron chi connectivity index (χ0n) is 19.0. The van der Waals surface area contributed by atoms with E-state index in [1.54, 1.807) is 29.1 Å². The number of Topliss-reactive ketones (excluding diaryl/α,β-unsaturated/α-hetero) is 1. The molecular formula is C24H26F3N5O2. The van der Waals surface area contributed by atoms with Crippen molar-refractivity contribution in [3.63, 3.8) is 0 Å². The van der Waals surface area contributed by atoms with E-state index in [2.05, 4.69) is 15.0 Å². The molecule has 34 heavy (non-hydrogen) atoms. The maximum absolute atomic E-state index is 12.9. The normalized spacial score (nSPS) is 16.9. The van der Waals surface area contributed by atoms with Crippen molar-refractivity contribution in [1.29, 1.82) is 0 Å². The SMILES string of the molecule is CN(C)[C@@H]1CCCN(C(=O)Cn2cc3cc(CC(=O)c4cccc(C(F)(F)F)n4)ccc3n2)C1. The first-order chi connectivity index (χ1) is 16.1. The molecule has 0 N–H and O–H groups in total. The van der Waals surface area contributed by atoms with Gasteiger partial charge in [-0.25, -0.2) is 4.98 Å². The number of benzene rings is 1. The number of piperidine rings is 1. The second-order valence-corrected chi connectivity index (χ2v) is 8.83. The Hall–Kier alpha value is -3.27. The summed E-state index contributed by atoms with van der Waals surface area (Å²) in [6, 6.07) is 8.85. The van der Waals surface area contributed by atoms with Gasteiger partial charge in [0.25, 0.3) is 0 Å². The third-order valence-corrected chi connectivity index (χ3v) is 6.08. The molecule has 2 aromatic heterocycles. The van der Waals surface area contributed by atoms with Crippen LogP contribution in [0.25, 0.3) is 10.9 Å². The lowest BCUT2D eigenvalue weighted by Gasteiger charge is -2.36. The Labute approximate surface area is 195 Å². The van der Waals surface area contributed by atoms with Crippen LogP contribution >= 0.6 is 0 Å². The van der Waals surface area contributed by atoms with E-state index in [0.717, 1.165) is 30.8 Å². The maximum Gasteiger partial charge on any atom is 0.433 e. The Kier molecular flexibility index (Phi) is 6.70. The summed E-state index contributed by atoms with van der Waals surface area (Å²) in [6.45, 7) is 1.56. The summed E-state index contributed by atoms with van der Waals surface area (Å²) in [4.78, 5) is 32.8. The Morgan fingerprint density at radius 2 is 1.97 bits per heavy atom. The summed E-state index contributed by atoms with van der Waals surface area (Å²) in [6.07, 6.45) is -0.915. The fourth-order valence-electron chi connectivity index (χ4n) is 4.18. The molecule has 180 valence electrons. The molecule has 0 bridgehead atoms. The van der Waals surface area contributed by atoms with E-state index >= 15 is 0 Å². The molecule has 7 nitrogen and oxygen atoms in total. The number of amides is 1. The van der Waals surface area contributed by atoms with Crippen molar-refractivity contribution < 1.29 is 22.8 Å². The molecule has 1 aliphatic rings. The van der Waals surface area contributed by atoms with Crippen LogP contribution in [-0.4, -0.2) is 69.5 Å². The summed E-state index contributed by atoms with van der Waals surface area (Å²) in [5.74, 6) is -0.501. The fraction of sp³-hybridized carbons (Fsp3) is 0.417. The van der Waals surface area contributed by atoms with Crippen LogP contribution in [0.1, 0.15) is 34.6 Å². The third kappa shape index (κ3) is 5.44. The lowest BCUT2D eigenvalue weighted by atomic mass is 10.0. The number of carbonyl (C=O) groups is 2. The van der Waals surface area contributed by atoms with Gasteiger partial charge in [-0.05, 0) is 56.8 Å². The molecule has 1 saturated heterocycles. The minimum Gasteiger partial charge on any atom is -0.340 e. The second kappa shape index (κ2) is 9.54. The number of fused-ring (bicyclic) bond motifs is 1. The van der Waals surface area contributed by atoms with Gasteiger partial charge >= 0.3 is 6.18 Å². The molecule has 3 heterocycles. The van der Waals surface area contributed by atoms with E-state index in [1.807, 2.05) is 19.0 Å². The maximum atomic E-state index is 12.9. The van der Waals surface area contributed by atoms with Crippen LogP contribution in [0.4, 0.5) is 13.2 Å². The van der Waals surface area contributed by atoms with Gasteiger partial charge in [-0.15, -0.1) is 0 Å². The van der Waals surface area contributed by atoms with Crippen molar-refractivity contribution in [2.45, 2.75) is 38.0 Å². The molecule has 1 amide bonds. The summed E-state index contributed by atoms with van der Waals surface area (Å²) < 4.78 is 40.2. The second-order valence-electron chi connectivity index (χ2n) is 8.83. The molecule has 0 spiro atoms. The molecule has 0 saturated carbocycles. The Balaban J connectivity index is 1.44. The molecule has 1 aromatic carbocycles. The van der Waals surface area contributed by atoms with Crippen molar-refractivity contribution in [2.75, 3.05) is 27.2 Å². The van der Waals surface area contributed by atoms with Gasteiger partial charge in [0.1, 0.15) is 17.9 Å². The molecule has 0 unspecified atom stereocenters. The predicted molar refractivity (Wildman–Crippen MR) is 120 cm³/mol. The molecule has 0 radical (unpaired) electrons. The van der Waals surface area contributed by atoms with E-state index in [4.69, 9.17) is 0 Å². The lowest BCUT2D eigenvalue weighted by molar-refractivity contribution is -0.141. The number of alkyl halides is 3. The predicted octanol–water partition coefficient (Wildman–Crippen LogP) is 3.43. The summed E-state index contributed by atoms with van der Waals surface area (Å²) in [5.41, 5.74) is -0.0161. The first kappa shape index (κ1) is 23.9. The van der Waals surface area contributed by atoms with Crippen LogP contribution in [0, 0.1) is 0 Å². The van der Waals surface area contributed by atoms with Gasteiger partial charge in [0, 0.05) is 37.1 Å². The number of nitrogens with zero attached hydrogens (tertiary/aromatic N) is 5. The van der Waals surface area contributed by atoms with Crippen LogP contribution in [0.5, 0.6) is 0 Å². The quantitative estimate of drug-likeness (QED) is 0.513. The molecule has 1 atom stereocenters. The minimum atomic E-state index is -4.61. The van der Waals surface area contributed by atoms with Gasteiger partial charge in [-0.3, -0.25) is 14.3 Å². The lowest BCUT2D eigenvalue weighted by Crippen LogP contribution is -2.48. The molecule has 10 heteroatoms. The van der Waals surface area contributed by atoms with Gasteiger partial charge in [0.2, 0.25) is 5.91 Å². The van der Waals surface area contributed by atoms with Gasteiger partial charge in [-0.1, -0.05) is 12.1 Å². The van der Waals surface area contributed by atoms with Crippen LogP contribution < -0.4 is 0 Å². The van der Waals surface area contributed by atoms with Crippen molar-refractivity contribution in [3.05, 3.63) is 59.5 Å². The van der Waals surface area contributed by atoms with Crippen molar-refractivity contribution >= 4 is 22.6 Å². The number of rotatable bonds is 6. The summed E-state index contributed by atoms with van der Waals surface area (Å²) in [7, 11) is 4.04.